The summed E-state index contributed by atoms with van der Waals surface area (Å²) in [5, 5.41) is 3.54. The average Bonchev–Trinajstić information content (AvgIpc) is 2.88. The third-order valence-electron chi connectivity index (χ3n) is 7.72. The Morgan fingerprint density at radius 1 is 0.912 bits per heavy atom. The van der Waals surface area contributed by atoms with Gasteiger partial charge in [-0.15, -0.1) is 0 Å². The minimum atomic E-state index is 0.0255. The average molecular weight is 462 g/mol. The van der Waals surface area contributed by atoms with Gasteiger partial charge >= 0.3 is 0 Å². The number of carbonyl (C=O) groups excluding carboxylic acids is 2. The Morgan fingerprint density at radius 3 is 2.35 bits per heavy atom. The second-order valence-electron chi connectivity index (χ2n) is 9.87. The van der Waals surface area contributed by atoms with Crippen LogP contribution < -0.4 is 5.32 Å². The Balaban J connectivity index is 1.14. The van der Waals surface area contributed by atoms with Crippen LogP contribution in [0.2, 0.25) is 0 Å². The monoisotopic (exact) mass is 461 g/mol. The molecule has 7 nitrogen and oxygen atoms in total. The predicted octanol–water partition coefficient (Wildman–Crippen LogP) is 3.17. The van der Waals surface area contributed by atoms with Crippen LogP contribution in [0, 0.1) is 0 Å². The lowest BCUT2D eigenvalue weighted by Crippen LogP contribution is -2.48. The second-order valence-corrected chi connectivity index (χ2v) is 9.87. The normalized spacial score (nSPS) is 20.1. The first kappa shape index (κ1) is 22.8. The largest absolute Gasteiger partial charge is 0.382 e. The molecule has 0 atom stereocenters. The zero-order valence-electron chi connectivity index (χ0n) is 20.1. The van der Waals surface area contributed by atoms with Gasteiger partial charge in [0.05, 0.1) is 0 Å². The summed E-state index contributed by atoms with van der Waals surface area (Å²) in [5.41, 5.74) is 4.38. The van der Waals surface area contributed by atoms with Gasteiger partial charge in [0.15, 0.2) is 0 Å². The Hall–Kier alpha value is -2.93. The van der Waals surface area contributed by atoms with E-state index in [0.29, 0.717) is 17.8 Å². The van der Waals surface area contributed by atoms with Gasteiger partial charge in [0.1, 0.15) is 5.69 Å². The molecule has 34 heavy (non-hydrogen) atoms. The highest BCUT2D eigenvalue weighted by Gasteiger charge is 2.30. The molecule has 0 saturated carbocycles. The molecule has 1 N–H and O–H groups in total. The zero-order chi connectivity index (χ0) is 23.5. The van der Waals surface area contributed by atoms with E-state index in [9.17, 15) is 9.59 Å². The molecule has 2 aromatic rings. The molecule has 0 spiro atoms. The maximum Gasteiger partial charge on any atom is 0.272 e. The summed E-state index contributed by atoms with van der Waals surface area (Å²) >= 11 is 0. The number of anilines is 1. The van der Waals surface area contributed by atoms with E-state index in [2.05, 4.69) is 39.5 Å². The molecule has 3 aliphatic rings. The van der Waals surface area contributed by atoms with E-state index in [1.165, 1.54) is 11.1 Å². The van der Waals surface area contributed by atoms with Gasteiger partial charge in [0, 0.05) is 70.2 Å². The molecule has 0 aliphatic carbocycles. The van der Waals surface area contributed by atoms with Crippen LogP contribution in [0.25, 0.3) is 0 Å². The number of aromatic nitrogens is 1. The predicted molar refractivity (Wildman–Crippen MR) is 133 cm³/mol. The van der Waals surface area contributed by atoms with Crippen molar-refractivity contribution in [2.45, 2.75) is 57.7 Å². The molecular formula is C27H35N5O2. The van der Waals surface area contributed by atoms with Crippen LogP contribution in [0.1, 0.15) is 54.2 Å². The maximum absolute atomic E-state index is 13.2. The van der Waals surface area contributed by atoms with Crippen LogP contribution in [-0.4, -0.2) is 76.3 Å². The third-order valence-corrected chi connectivity index (χ3v) is 7.72. The molecule has 3 aliphatic heterocycles. The number of fused-ring (bicyclic) bond motifs is 1. The highest BCUT2D eigenvalue weighted by molar-refractivity contribution is 5.93. The van der Waals surface area contributed by atoms with Gasteiger partial charge < -0.3 is 15.1 Å². The molecule has 180 valence electrons. The van der Waals surface area contributed by atoms with Crippen LogP contribution in [0.5, 0.6) is 0 Å². The lowest BCUT2D eigenvalue weighted by atomic mass is 9.95. The number of hydrogen-bond acceptors (Lipinski definition) is 5. The van der Waals surface area contributed by atoms with Gasteiger partial charge in [-0.3, -0.25) is 19.5 Å². The van der Waals surface area contributed by atoms with E-state index in [4.69, 9.17) is 0 Å². The summed E-state index contributed by atoms with van der Waals surface area (Å²) in [4.78, 5) is 35.6. The minimum absolute atomic E-state index is 0.0255. The highest BCUT2D eigenvalue weighted by atomic mass is 16.2. The van der Waals surface area contributed by atoms with Crippen molar-refractivity contribution in [1.82, 2.24) is 19.7 Å². The first-order valence-corrected chi connectivity index (χ1v) is 12.6. The molecule has 2 fully saturated rings. The van der Waals surface area contributed by atoms with Crippen molar-refractivity contribution in [3.63, 3.8) is 0 Å². The first-order chi connectivity index (χ1) is 16.6. The Labute approximate surface area is 202 Å². The molecule has 0 bridgehead atoms. The number of carbonyl (C=O) groups is 2. The summed E-state index contributed by atoms with van der Waals surface area (Å²) in [6.07, 6.45) is 6.70. The number of likely N-dealkylation sites (tertiary alicyclic amines) is 2. The lowest BCUT2D eigenvalue weighted by molar-refractivity contribution is -0.129. The fraction of sp³-hybridized carbons (Fsp3) is 0.519. The van der Waals surface area contributed by atoms with Crippen LogP contribution in [-0.2, 0) is 17.8 Å². The molecule has 5 rings (SSSR count). The summed E-state index contributed by atoms with van der Waals surface area (Å²) in [7, 11) is 0. The van der Waals surface area contributed by atoms with E-state index in [1.54, 1.807) is 13.1 Å². The van der Waals surface area contributed by atoms with Crippen molar-refractivity contribution in [2.75, 3.05) is 38.0 Å². The number of rotatable bonds is 4. The van der Waals surface area contributed by atoms with E-state index in [-0.39, 0.29) is 11.8 Å². The van der Waals surface area contributed by atoms with Crippen LogP contribution in [0.3, 0.4) is 0 Å². The summed E-state index contributed by atoms with van der Waals surface area (Å²) in [6.45, 7) is 6.88. The number of amides is 2. The second kappa shape index (κ2) is 10.1. The standard InChI is InChI=1S/C27H35N5O2/c1-20(33)30-14-8-23(9-15-30)29-24-6-12-28-26(18-24)27(34)31-16-10-25(11-17-31)32-13-7-21-4-2-3-5-22(21)19-32/h2-6,12,18,23,25H,7-11,13-17,19H2,1H3,(H,28,29). The van der Waals surface area contributed by atoms with Crippen molar-refractivity contribution in [3.05, 3.63) is 59.4 Å². The van der Waals surface area contributed by atoms with Crippen LogP contribution in [0.15, 0.2) is 42.6 Å². The fourth-order valence-corrected chi connectivity index (χ4v) is 5.64. The number of piperidine rings is 2. The van der Waals surface area contributed by atoms with Crippen LogP contribution >= 0.6 is 0 Å². The molecule has 7 heteroatoms. The van der Waals surface area contributed by atoms with E-state index in [1.807, 2.05) is 21.9 Å². The van der Waals surface area contributed by atoms with Crippen LogP contribution in [0.4, 0.5) is 5.69 Å². The Morgan fingerprint density at radius 2 is 1.62 bits per heavy atom. The van der Waals surface area contributed by atoms with Crippen molar-refractivity contribution in [2.24, 2.45) is 0 Å². The van der Waals surface area contributed by atoms with Gasteiger partial charge in [-0.05, 0) is 55.4 Å². The Kier molecular flexibility index (Phi) is 6.81. The molecule has 1 aromatic heterocycles. The fourth-order valence-electron chi connectivity index (χ4n) is 5.64. The van der Waals surface area contributed by atoms with E-state index < -0.39 is 0 Å². The third kappa shape index (κ3) is 5.09. The van der Waals surface area contributed by atoms with E-state index in [0.717, 1.165) is 77.1 Å². The van der Waals surface area contributed by atoms with Crippen molar-refractivity contribution in [1.29, 1.82) is 0 Å². The first-order valence-electron chi connectivity index (χ1n) is 12.6. The molecule has 2 saturated heterocycles. The summed E-state index contributed by atoms with van der Waals surface area (Å²) in [5.74, 6) is 0.168. The number of hydrogen-bond donors (Lipinski definition) is 1. The highest BCUT2D eigenvalue weighted by Crippen LogP contribution is 2.26. The maximum atomic E-state index is 13.2. The molecular weight excluding hydrogens is 426 g/mol. The minimum Gasteiger partial charge on any atom is -0.382 e. The smallest absolute Gasteiger partial charge is 0.272 e. The summed E-state index contributed by atoms with van der Waals surface area (Å²) < 4.78 is 0. The number of nitrogens with zero attached hydrogens (tertiary/aromatic N) is 4. The van der Waals surface area contributed by atoms with Gasteiger partial charge in [-0.25, -0.2) is 0 Å². The molecule has 4 heterocycles. The van der Waals surface area contributed by atoms with Crippen molar-refractivity contribution < 1.29 is 9.59 Å². The molecule has 1 aromatic carbocycles. The Bertz CT molecular complexity index is 1030. The SMILES string of the molecule is CC(=O)N1CCC(Nc2ccnc(C(=O)N3CCC(N4CCc5ccccc5C4)CC3)c2)CC1. The van der Waals surface area contributed by atoms with E-state index >= 15 is 0 Å². The van der Waals surface area contributed by atoms with Crippen molar-refractivity contribution in [3.8, 4) is 0 Å². The number of pyridine rings is 1. The van der Waals surface area contributed by atoms with Gasteiger partial charge in [-0.2, -0.15) is 0 Å². The van der Waals surface area contributed by atoms with Gasteiger partial charge in [0.25, 0.3) is 5.91 Å². The molecule has 0 radical (unpaired) electrons. The quantitative estimate of drug-likeness (QED) is 0.758. The summed E-state index contributed by atoms with van der Waals surface area (Å²) in [6, 6.07) is 13.4. The zero-order valence-corrected chi connectivity index (χ0v) is 20.1. The number of benzene rings is 1. The number of nitrogens with one attached hydrogen (secondary N) is 1. The van der Waals surface area contributed by atoms with Gasteiger partial charge in [0.2, 0.25) is 5.91 Å². The molecule has 0 unspecified atom stereocenters. The topological polar surface area (TPSA) is 68.8 Å². The lowest BCUT2D eigenvalue weighted by Gasteiger charge is -2.40. The van der Waals surface area contributed by atoms with Gasteiger partial charge in [-0.1, -0.05) is 24.3 Å². The molecule has 2 amide bonds. The van der Waals surface area contributed by atoms with Crippen molar-refractivity contribution >= 4 is 17.5 Å².